The molecular weight excluding hydrogens is 360 g/mol. The molecule has 4 nitrogen and oxygen atoms in total. The van der Waals surface area contributed by atoms with Crippen LogP contribution in [0.4, 0.5) is 0 Å². The zero-order valence-electron chi connectivity index (χ0n) is 18.3. The van der Waals surface area contributed by atoms with Crippen molar-refractivity contribution in [2.24, 2.45) is 10.9 Å². The standard InChI is InChI=1S/C13H15N.C7H8.C3H9NO2.C2H6/c1-3-12(10-11-14-2)13-8-6-4-5-7-9-13;1-7-5-3-2-4-6-7;1-2-3(5)4-6;1-2/h3-4,6-12H,1-2,5H2;2-6H,1H3;3-6H,2H2,1H3;1-2H3. The van der Waals surface area contributed by atoms with Crippen LogP contribution < -0.4 is 5.48 Å². The lowest BCUT2D eigenvalue weighted by Gasteiger charge is -2.07. The number of hydrogen-bond acceptors (Lipinski definition) is 4. The molecule has 3 N–H and O–H groups in total. The highest BCUT2D eigenvalue weighted by atomic mass is 16.5. The van der Waals surface area contributed by atoms with Gasteiger partial charge in [-0.3, -0.25) is 4.99 Å². The molecule has 2 rings (SSSR count). The summed E-state index contributed by atoms with van der Waals surface area (Å²) in [6.07, 6.45) is 16.9. The number of aryl methyl sites for hydroxylation is 1. The zero-order valence-corrected chi connectivity index (χ0v) is 18.3. The molecule has 2 unspecified atom stereocenters. The summed E-state index contributed by atoms with van der Waals surface area (Å²) in [5, 5.41) is 16.1. The molecule has 0 spiro atoms. The highest BCUT2D eigenvalue weighted by Gasteiger charge is 2.03. The Labute approximate surface area is 177 Å². The number of hydroxylamine groups is 1. The Morgan fingerprint density at radius 2 is 1.86 bits per heavy atom. The molecule has 1 aromatic carbocycles. The lowest BCUT2D eigenvalue weighted by molar-refractivity contribution is 0.000371. The Morgan fingerprint density at radius 1 is 1.21 bits per heavy atom. The predicted octanol–water partition coefficient (Wildman–Crippen LogP) is 6.16. The van der Waals surface area contributed by atoms with Crippen molar-refractivity contribution in [2.45, 2.75) is 46.8 Å². The molecule has 0 aliphatic heterocycles. The van der Waals surface area contributed by atoms with Crippen molar-refractivity contribution in [3.8, 4) is 0 Å². The van der Waals surface area contributed by atoms with Gasteiger partial charge in [0.15, 0.2) is 0 Å². The lowest BCUT2D eigenvalue weighted by atomic mass is 9.98. The Morgan fingerprint density at radius 3 is 2.28 bits per heavy atom. The Hall–Kier alpha value is -2.53. The van der Waals surface area contributed by atoms with E-state index in [4.69, 9.17) is 10.3 Å². The minimum Gasteiger partial charge on any atom is -0.377 e. The maximum atomic E-state index is 8.31. The van der Waals surface area contributed by atoms with Crippen LogP contribution in [0.1, 0.15) is 39.2 Å². The van der Waals surface area contributed by atoms with Crippen LogP contribution >= 0.6 is 0 Å². The molecule has 0 heterocycles. The first-order chi connectivity index (χ1) is 14.1. The average molecular weight is 399 g/mol. The summed E-state index contributed by atoms with van der Waals surface area (Å²) in [7, 11) is 0. The molecule has 29 heavy (non-hydrogen) atoms. The number of allylic oxidation sites excluding steroid dienone is 8. The van der Waals surface area contributed by atoms with Crippen molar-refractivity contribution in [1.29, 1.82) is 0 Å². The van der Waals surface area contributed by atoms with Crippen LogP contribution in [0.25, 0.3) is 0 Å². The van der Waals surface area contributed by atoms with E-state index in [-0.39, 0.29) is 5.92 Å². The summed E-state index contributed by atoms with van der Waals surface area (Å²) in [6, 6.07) is 10.3. The first kappa shape index (κ1) is 28.7. The number of nitrogens with one attached hydrogen (secondary N) is 1. The van der Waals surface area contributed by atoms with Crippen LogP contribution in [0.15, 0.2) is 96.2 Å². The average Bonchev–Trinajstić information content (AvgIpc) is 3.06. The SMILES string of the molecule is C=CC(C=CN=C)C1=CC=CCC=C1.CC.CCC(O)NO.Cc1ccccc1. The molecule has 1 aliphatic carbocycles. The smallest absolute Gasteiger partial charge is 0.126 e. The number of aliphatic hydroxyl groups excluding tert-OH is 1. The minimum absolute atomic E-state index is 0.222. The van der Waals surface area contributed by atoms with Crippen molar-refractivity contribution >= 4 is 6.72 Å². The first-order valence-corrected chi connectivity index (χ1v) is 9.96. The summed E-state index contributed by atoms with van der Waals surface area (Å²) in [5.41, 5.74) is 4.22. The van der Waals surface area contributed by atoms with Crippen molar-refractivity contribution < 1.29 is 10.3 Å². The maximum Gasteiger partial charge on any atom is 0.126 e. The van der Waals surface area contributed by atoms with Gasteiger partial charge in [-0.05, 0) is 32.1 Å². The fourth-order valence-electron chi connectivity index (χ4n) is 1.92. The van der Waals surface area contributed by atoms with Gasteiger partial charge < -0.3 is 10.3 Å². The van der Waals surface area contributed by atoms with E-state index in [9.17, 15) is 0 Å². The molecule has 160 valence electrons. The Kier molecular flexibility index (Phi) is 21.5. The van der Waals surface area contributed by atoms with Gasteiger partial charge in [0.05, 0.1) is 0 Å². The van der Waals surface area contributed by atoms with E-state index < -0.39 is 6.23 Å². The van der Waals surface area contributed by atoms with Gasteiger partial charge in [0, 0.05) is 12.1 Å². The summed E-state index contributed by atoms with van der Waals surface area (Å²) in [5.74, 6) is 0.222. The molecule has 4 heteroatoms. The van der Waals surface area contributed by atoms with Gasteiger partial charge in [-0.15, -0.1) is 6.58 Å². The van der Waals surface area contributed by atoms with Gasteiger partial charge in [0.2, 0.25) is 0 Å². The molecule has 0 saturated heterocycles. The molecule has 0 radical (unpaired) electrons. The van der Waals surface area contributed by atoms with E-state index in [0.29, 0.717) is 6.42 Å². The number of aliphatic imine (C=N–C) groups is 1. The summed E-state index contributed by atoms with van der Waals surface area (Å²) in [4.78, 5) is 3.69. The second-order valence-corrected chi connectivity index (χ2v) is 5.73. The maximum absolute atomic E-state index is 8.31. The van der Waals surface area contributed by atoms with Crippen LogP contribution in [-0.4, -0.2) is 23.3 Å². The number of rotatable bonds is 6. The molecule has 0 saturated carbocycles. The topological polar surface area (TPSA) is 64.9 Å². The second kappa shape index (κ2) is 21.8. The molecule has 0 fully saturated rings. The van der Waals surface area contributed by atoms with Gasteiger partial charge in [-0.1, -0.05) is 99.2 Å². The van der Waals surface area contributed by atoms with E-state index in [2.05, 4.69) is 67.7 Å². The van der Waals surface area contributed by atoms with Crippen LogP contribution in [0.5, 0.6) is 0 Å². The third-order valence-corrected chi connectivity index (χ3v) is 3.52. The minimum atomic E-state index is -0.759. The highest BCUT2D eigenvalue weighted by Crippen LogP contribution is 2.18. The third kappa shape index (κ3) is 17.3. The van der Waals surface area contributed by atoms with Crippen molar-refractivity contribution in [1.82, 2.24) is 5.48 Å². The van der Waals surface area contributed by atoms with Gasteiger partial charge in [-0.25, -0.2) is 0 Å². The summed E-state index contributed by atoms with van der Waals surface area (Å²) >= 11 is 0. The highest BCUT2D eigenvalue weighted by molar-refractivity contribution is 5.35. The van der Waals surface area contributed by atoms with Crippen molar-refractivity contribution in [2.75, 3.05) is 0 Å². The van der Waals surface area contributed by atoms with Crippen LogP contribution in [0.2, 0.25) is 0 Å². The second-order valence-electron chi connectivity index (χ2n) is 5.73. The van der Waals surface area contributed by atoms with Gasteiger partial charge in [0.1, 0.15) is 6.23 Å². The van der Waals surface area contributed by atoms with Gasteiger partial charge in [0.25, 0.3) is 0 Å². The van der Waals surface area contributed by atoms with Crippen molar-refractivity contribution in [3.05, 3.63) is 96.8 Å². The van der Waals surface area contributed by atoms with E-state index >= 15 is 0 Å². The fraction of sp³-hybridized carbons (Fsp3) is 0.320. The third-order valence-electron chi connectivity index (χ3n) is 3.52. The molecule has 0 aromatic heterocycles. The quantitative estimate of drug-likeness (QED) is 0.233. The molecule has 2 atom stereocenters. The zero-order chi connectivity index (χ0) is 22.3. The summed E-state index contributed by atoms with van der Waals surface area (Å²) < 4.78 is 0. The molecule has 1 aromatic rings. The fourth-order valence-corrected chi connectivity index (χ4v) is 1.92. The lowest BCUT2D eigenvalue weighted by Crippen LogP contribution is -2.23. The van der Waals surface area contributed by atoms with E-state index in [1.165, 1.54) is 11.1 Å². The van der Waals surface area contributed by atoms with Crippen LogP contribution in [0, 0.1) is 12.8 Å². The normalized spacial score (nSPS) is 13.8. The number of aliphatic hydroxyl groups is 1. The summed E-state index contributed by atoms with van der Waals surface area (Å²) in [6.45, 7) is 15.1. The van der Waals surface area contributed by atoms with E-state index in [1.807, 2.05) is 44.2 Å². The first-order valence-electron chi connectivity index (χ1n) is 9.96. The number of nitrogens with zero attached hydrogens (tertiary/aromatic N) is 1. The number of benzene rings is 1. The van der Waals surface area contributed by atoms with Gasteiger partial charge >= 0.3 is 0 Å². The molecule has 0 bridgehead atoms. The Balaban J connectivity index is 0. The van der Waals surface area contributed by atoms with Crippen LogP contribution in [-0.2, 0) is 0 Å². The van der Waals surface area contributed by atoms with Crippen molar-refractivity contribution in [3.63, 3.8) is 0 Å². The molecule has 1 aliphatic rings. The Bertz CT molecular complexity index is 627. The predicted molar refractivity (Wildman–Crippen MR) is 127 cm³/mol. The van der Waals surface area contributed by atoms with Crippen LogP contribution in [0.3, 0.4) is 0 Å². The van der Waals surface area contributed by atoms with Gasteiger partial charge in [-0.2, -0.15) is 5.48 Å². The van der Waals surface area contributed by atoms with E-state index in [0.717, 1.165) is 6.42 Å². The number of hydrogen-bond donors (Lipinski definition) is 3. The monoisotopic (exact) mass is 398 g/mol. The largest absolute Gasteiger partial charge is 0.377 e. The molecular formula is C25H38N2O2. The molecule has 0 amide bonds. The van der Waals surface area contributed by atoms with E-state index in [1.54, 1.807) is 18.6 Å².